The molecule has 0 fully saturated rings. The molecular formula is C12H18N4O. The van der Waals surface area contributed by atoms with Gasteiger partial charge in [-0.25, -0.2) is 0 Å². The van der Waals surface area contributed by atoms with Gasteiger partial charge in [0.2, 0.25) is 0 Å². The summed E-state index contributed by atoms with van der Waals surface area (Å²) in [5.74, 6) is 0. The minimum absolute atomic E-state index is 0.483. The summed E-state index contributed by atoms with van der Waals surface area (Å²) in [4.78, 5) is 10.2. The molecule has 0 heterocycles. The number of unbranched alkanes of at least 4 members (excludes halogenated alkanes) is 1. The van der Waals surface area contributed by atoms with Crippen LogP contribution in [0.4, 0.5) is 5.69 Å². The Balaban J connectivity index is 2.24. The molecule has 0 saturated carbocycles. The lowest BCUT2D eigenvalue weighted by atomic mass is 10.1. The first-order chi connectivity index (χ1) is 8.26. The lowest BCUT2D eigenvalue weighted by Gasteiger charge is -2.10. The molecular weight excluding hydrogens is 216 g/mol. The Morgan fingerprint density at radius 2 is 1.88 bits per heavy atom. The van der Waals surface area contributed by atoms with Crippen LogP contribution in [-0.4, -0.2) is 25.6 Å². The van der Waals surface area contributed by atoms with Crippen LogP contribution in [0.2, 0.25) is 0 Å². The maximum Gasteiger partial charge on any atom is 0.108 e. The molecule has 0 amide bonds. The van der Waals surface area contributed by atoms with Crippen LogP contribution in [0.15, 0.2) is 39.8 Å². The van der Waals surface area contributed by atoms with Gasteiger partial charge in [-0.1, -0.05) is 17.4 Å². The van der Waals surface area contributed by atoms with E-state index < -0.39 is 0 Å². The van der Waals surface area contributed by atoms with Crippen LogP contribution in [0.25, 0.3) is 0 Å². The fourth-order valence-corrected chi connectivity index (χ4v) is 1.59. The van der Waals surface area contributed by atoms with E-state index in [0.717, 1.165) is 25.8 Å². The van der Waals surface area contributed by atoms with E-state index >= 15 is 0 Å². The molecule has 1 aromatic rings. The molecule has 0 atom stereocenters. The molecule has 5 nitrogen and oxygen atoms in total. The van der Waals surface area contributed by atoms with Crippen molar-refractivity contribution in [2.24, 2.45) is 15.5 Å². The van der Waals surface area contributed by atoms with Gasteiger partial charge < -0.3 is 0 Å². The van der Waals surface area contributed by atoms with Gasteiger partial charge in [0.25, 0.3) is 0 Å². The van der Waals surface area contributed by atoms with Crippen LogP contribution in [0.1, 0.15) is 18.4 Å². The summed E-state index contributed by atoms with van der Waals surface area (Å²) < 4.78 is 0. The Hall–Kier alpha value is -1.78. The van der Waals surface area contributed by atoms with Crippen molar-refractivity contribution in [3.63, 3.8) is 0 Å². The molecule has 1 aromatic carbocycles. The molecule has 92 valence electrons. The van der Waals surface area contributed by atoms with Gasteiger partial charge in [0.15, 0.2) is 0 Å². The molecule has 0 spiro atoms. The molecule has 0 aliphatic heterocycles. The quantitative estimate of drug-likeness (QED) is 0.314. The zero-order valence-corrected chi connectivity index (χ0v) is 10.3. The number of hydrogen-bond acceptors (Lipinski definition) is 4. The molecule has 0 saturated heterocycles. The van der Waals surface area contributed by atoms with E-state index in [-0.39, 0.29) is 0 Å². The van der Waals surface area contributed by atoms with Crippen molar-refractivity contribution in [2.45, 2.75) is 19.3 Å². The van der Waals surface area contributed by atoms with Gasteiger partial charge in [-0.05, 0) is 42.1 Å². The highest BCUT2D eigenvalue weighted by Crippen LogP contribution is 2.13. The standard InChI is InChI=1S/C12H18N4O/c1-13-15-16(2)10-4-3-5-11-6-8-12(14-17)9-7-11/h6-9H,3-5,10H2,1-2H3. The molecule has 0 unspecified atom stereocenters. The van der Waals surface area contributed by atoms with Crippen molar-refractivity contribution >= 4 is 5.69 Å². The summed E-state index contributed by atoms with van der Waals surface area (Å²) in [6.45, 7) is 0.908. The van der Waals surface area contributed by atoms with Crippen LogP contribution in [0.3, 0.4) is 0 Å². The fraction of sp³-hybridized carbons (Fsp3) is 0.500. The van der Waals surface area contributed by atoms with E-state index in [1.165, 1.54) is 5.56 Å². The first-order valence-electron chi connectivity index (χ1n) is 5.69. The van der Waals surface area contributed by atoms with Crippen LogP contribution in [0, 0.1) is 4.91 Å². The maximum absolute atomic E-state index is 10.2. The van der Waals surface area contributed by atoms with Gasteiger partial charge in [0.05, 0.1) is 7.05 Å². The summed E-state index contributed by atoms with van der Waals surface area (Å²) in [7, 11) is 3.58. The number of benzene rings is 1. The topological polar surface area (TPSA) is 57.4 Å². The smallest absolute Gasteiger partial charge is 0.108 e. The van der Waals surface area contributed by atoms with Crippen molar-refractivity contribution in [3.8, 4) is 0 Å². The van der Waals surface area contributed by atoms with Crippen LogP contribution in [0.5, 0.6) is 0 Å². The van der Waals surface area contributed by atoms with Gasteiger partial charge in [-0.2, -0.15) is 5.11 Å². The van der Waals surface area contributed by atoms with Crippen molar-refractivity contribution in [1.82, 2.24) is 5.01 Å². The van der Waals surface area contributed by atoms with E-state index in [0.29, 0.717) is 5.69 Å². The third-order valence-corrected chi connectivity index (χ3v) is 2.48. The third kappa shape index (κ3) is 5.19. The average molecular weight is 234 g/mol. The molecule has 0 radical (unpaired) electrons. The summed E-state index contributed by atoms with van der Waals surface area (Å²) in [5.41, 5.74) is 1.72. The second kappa shape index (κ2) is 7.49. The Labute approximate surface area is 101 Å². The minimum atomic E-state index is 0.483. The Bertz CT molecular complexity index is 361. The first-order valence-corrected chi connectivity index (χ1v) is 5.69. The van der Waals surface area contributed by atoms with E-state index in [1.54, 1.807) is 19.2 Å². The van der Waals surface area contributed by atoms with E-state index in [4.69, 9.17) is 0 Å². The number of nitroso groups, excluding NO2 is 1. The third-order valence-electron chi connectivity index (χ3n) is 2.48. The fourth-order valence-electron chi connectivity index (χ4n) is 1.59. The van der Waals surface area contributed by atoms with Crippen LogP contribution < -0.4 is 0 Å². The SMILES string of the molecule is CN=NN(C)CCCCc1ccc(N=O)cc1. The molecule has 0 aliphatic rings. The molecule has 1 rings (SSSR count). The van der Waals surface area contributed by atoms with Gasteiger partial charge >= 0.3 is 0 Å². The predicted octanol–water partition coefficient (Wildman–Crippen LogP) is 3.34. The molecule has 17 heavy (non-hydrogen) atoms. The van der Waals surface area contributed by atoms with Gasteiger partial charge in [-0.3, -0.25) is 5.01 Å². The number of aryl methyl sites for hydroxylation is 1. The maximum atomic E-state index is 10.2. The lowest BCUT2D eigenvalue weighted by Crippen LogP contribution is -2.11. The number of hydrogen-bond donors (Lipinski definition) is 0. The van der Waals surface area contributed by atoms with Crippen molar-refractivity contribution in [2.75, 3.05) is 20.6 Å². The summed E-state index contributed by atoms with van der Waals surface area (Å²) in [5, 5.41) is 12.3. The highest BCUT2D eigenvalue weighted by Gasteiger charge is 1.97. The highest BCUT2D eigenvalue weighted by molar-refractivity contribution is 5.38. The highest BCUT2D eigenvalue weighted by atomic mass is 16.3. The largest absolute Gasteiger partial charge is 0.282 e. The Morgan fingerprint density at radius 3 is 2.47 bits per heavy atom. The van der Waals surface area contributed by atoms with Crippen LogP contribution in [-0.2, 0) is 6.42 Å². The second-order valence-corrected chi connectivity index (χ2v) is 3.89. The number of nitrogens with zero attached hydrogens (tertiary/aromatic N) is 4. The summed E-state index contributed by atoms with van der Waals surface area (Å²) in [6, 6.07) is 7.40. The summed E-state index contributed by atoms with van der Waals surface area (Å²) >= 11 is 0. The van der Waals surface area contributed by atoms with Crippen LogP contribution >= 0.6 is 0 Å². The zero-order valence-electron chi connectivity index (χ0n) is 10.3. The monoisotopic (exact) mass is 234 g/mol. The van der Waals surface area contributed by atoms with E-state index in [9.17, 15) is 4.91 Å². The minimum Gasteiger partial charge on any atom is -0.282 e. The van der Waals surface area contributed by atoms with E-state index in [1.807, 2.05) is 24.2 Å². The molecule has 0 N–H and O–H groups in total. The zero-order chi connectivity index (χ0) is 12.5. The molecule has 0 bridgehead atoms. The van der Waals surface area contributed by atoms with Crippen molar-refractivity contribution in [3.05, 3.63) is 34.7 Å². The van der Waals surface area contributed by atoms with Gasteiger partial charge in [-0.15, -0.1) is 4.91 Å². The van der Waals surface area contributed by atoms with Gasteiger partial charge in [0.1, 0.15) is 5.69 Å². The Morgan fingerprint density at radius 1 is 1.18 bits per heavy atom. The second-order valence-electron chi connectivity index (χ2n) is 3.89. The Kier molecular flexibility index (Phi) is 5.85. The van der Waals surface area contributed by atoms with Crippen molar-refractivity contribution < 1.29 is 0 Å². The molecule has 0 aromatic heterocycles. The first kappa shape index (κ1) is 13.3. The molecule has 0 aliphatic carbocycles. The lowest BCUT2D eigenvalue weighted by molar-refractivity contribution is 0.321. The van der Waals surface area contributed by atoms with Gasteiger partial charge in [0, 0.05) is 13.6 Å². The average Bonchev–Trinajstić information content (AvgIpc) is 2.36. The predicted molar refractivity (Wildman–Crippen MR) is 68.2 cm³/mol. The normalized spacial score (nSPS) is 10.7. The summed E-state index contributed by atoms with van der Waals surface area (Å²) in [6.07, 6.45) is 3.18. The van der Waals surface area contributed by atoms with Crippen molar-refractivity contribution in [1.29, 1.82) is 0 Å². The molecule has 5 heteroatoms. The van der Waals surface area contributed by atoms with E-state index in [2.05, 4.69) is 15.5 Å². The number of rotatable bonds is 7.